The van der Waals surface area contributed by atoms with Gasteiger partial charge in [0.1, 0.15) is 12.1 Å². The van der Waals surface area contributed by atoms with Crippen molar-refractivity contribution in [3.63, 3.8) is 0 Å². The minimum absolute atomic E-state index is 0.423. The molecule has 1 heterocycles. The smallest absolute Gasteiger partial charge is 0.323 e. The van der Waals surface area contributed by atoms with Gasteiger partial charge >= 0.3 is 5.97 Å². The molecule has 1 N–H and O–H groups in total. The Balaban J connectivity index is 2.62. The van der Waals surface area contributed by atoms with E-state index >= 15 is 0 Å². The fraction of sp³-hybridized carbons (Fsp3) is 0.438. The van der Waals surface area contributed by atoms with Gasteiger partial charge in [0.05, 0.1) is 5.69 Å². The van der Waals surface area contributed by atoms with Gasteiger partial charge in [-0.2, -0.15) is 4.68 Å². The van der Waals surface area contributed by atoms with Crippen molar-refractivity contribution in [2.45, 2.75) is 39.7 Å². The van der Waals surface area contributed by atoms with E-state index in [-0.39, 0.29) is 0 Å². The number of rotatable bonds is 7. The molecule has 0 bridgehead atoms. The van der Waals surface area contributed by atoms with E-state index in [2.05, 4.69) is 15.5 Å². The molecule has 0 spiro atoms. The first-order chi connectivity index (χ1) is 11.3. The van der Waals surface area contributed by atoms with Crippen molar-refractivity contribution in [1.29, 1.82) is 0 Å². The van der Waals surface area contributed by atoms with Gasteiger partial charge in [0.25, 0.3) is 0 Å². The topological polar surface area (TPSA) is 101 Å². The quantitative estimate of drug-likeness (QED) is 0.771. The monoisotopic (exact) mass is 331 g/mol. The van der Waals surface area contributed by atoms with Crippen LogP contribution in [-0.4, -0.2) is 49.1 Å². The number of carboxylic acid groups (broad SMARTS) is 1. The van der Waals surface area contributed by atoms with Crippen LogP contribution >= 0.6 is 0 Å². The Morgan fingerprint density at radius 3 is 2.50 bits per heavy atom. The molecule has 1 atom stereocenters. The second-order valence-electron chi connectivity index (χ2n) is 5.91. The molecule has 0 saturated heterocycles. The molecule has 0 unspecified atom stereocenters. The molecule has 0 fully saturated rings. The SMILES string of the molecule is CC[C@@](C)(c1nnnn1-c1c(C)cccc1C)N(C=O)CC(=O)O. The average molecular weight is 331 g/mol. The Morgan fingerprint density at radius 2 is 2.00 bits per heavy atom. The highest BCUT2D eigenvalue weighted by Gasteiger charge is 2.38. The highest BCUT2D eigenvalue weighted by molar-refractivity contribution is 5.72. The van der Waals surface area contributed by atoms with Crippen LogP contribution in [0.15, 0.2) is 18.2 Å². The summed E-state index contributed by atoms with van der Waals surface area (Å²) in [7, 11) is 0. The highest BCUT2D eigenvalue weighted by atomic mass is 16.4. The molecule has 8 heteroatoms. The van der Waals surface area contributed by atoms with Crippen molar-refractivity contribution in [1.82, 2.24) is 25.1 Å². The van der Waals surface area contributed by atoms with Crippen LogP contribution in [0.2, 0.25) is 0 Å². The first-order valence-electron chi connectivity index (χ1n) is 7.64. The molecule has 24 heavy (non-hydrogen) atoms. The summed E-state index contributed by atoms with van der Waals surface area (Å²) in [6, 6.07) is 5.84. The fourth-order valence-corrected chi connectivity index (χ4v) is 2.78. The summed E-state index contributed by atoms with van der Waals surface area (Å²) >= 11 is 0. The molecular formula is C16H21N5O3. The largest absolute Gasteiger partial charge is 0.480 e. The van der Waals surface area contributed by atoms with Crippen LogP contribution in [0.1, 0.15) is 37.2 Å². The van der Waals surface area contributed by atoms with Crippen LogP contribution in [0.25, 0.3) is 5.69 Å². The lowest BCUT2D eigenvalue weighted by atomic mass is 9.95. The summed E-state index contributed by atoms with van der Waals surface area (Å²) in [6.07, 6.45) is 0.992. The van der Waals surface area contributed by atoms with E-state index in [1.165, 1.54) is 4.90 Å². The van der Waals surface area contributed by atoms with Crippen molar-refractivity contribution in [2.75, 3.05) is 6.54 Å². The third-order valence-corrected chi connectivity index (χ3v) is 4.36. The van der Waals surface area contributed by atoms with Crippen LogP contribution in [-0.2, 0) is 15.1 Å². The molecule has 0 aliphatic heterocycles. The van der Waals surface area contributed by atoms with Crippen molar-refractivity contribution in [3.05, 3.63) is 35.2 Å². The molecule has 128 valence electrons. The van der Waals surface area contributed by atoms with Gasteiger partial charge in [0, 0.05) is 0 Å². The van der Waals surface area contributed by atoms with Gasteiger partial charge in [0.15, 0.2) is 5.82 Å². The summed E-state index contributed by atoms with van der Waals surface area (Å²) in [5.41, 5.74) is 1.85. The van der Waals surface area contributed by atoms with Crippen molar-refractivity contribution in [3.8, 4) is 5.69 Å². The number of para-hydroxylation sites is 1. The summed E-state index contributed by atoms with van der Waals surface area (Å²) < 4.78 is 1.59. The standard InChI is InChI=1S/C16H21N5O3/c1-5-16(4,20(10-22)9-13(23)24)15-17-18-19-21(15)14-11(2)7-6-8-12(14)3/h6-8,10H,5,9H2,1-4H3,(H,23,24)/t16-/m0/s1. The van der Waals surface area contributed by atoms with E-state index < -0.39 is 18.1 Å². The number of aromatic nitrogens is 4. The molecule has 1 amide bonds. The van der Waals surface area contributed by atoms with Crippen LogP contribution in [0.5, 0.6) is 0 Å². The third kappa shape index (κ3) is 2.99. The van der Waals surface area contributed by atoms with Crippen molar-refractivity contribution >= 4 is 12.4 Å². The van der Waals surface area contributed by atoms with Gasteiger partial charge in [-0.15, -0.1) is 5.10 Å². The van der Waals surface area contributed by atoms with Gasteiger partial charge in [-0.1, -0.05) is 25.1 Å². The number of carboxylic acids is 1. The Kier molecular flexibility index (Phi) is 4.96. The molecular weight excluding hydrogens is 310 g/mol. The molecule has 2 aromatic rings. The van der Waals surface area contributed by atoms with Crippen LogP contribution in [0, 0.1) is 13.8 Å². The Morgan fingerprint density at radius 1 is 1.38 bits per heavy atom. The van der Waals surface area contributed by atoms with E-state index in [0.29, 0.717) is 18.7 Å². The van der Waals surface area contributed by atoms with Gasteiger partial charge in [-0.25, -0.2) is 0 Å². The molecule has 0 aliphatic carbocycles. The predicted molar refractivity (Wildman–Crippen MR) is 86.7 cm³/mol. The van der Waals surface area contributed by atoms with Gasteiger partial charge in [0.2, 0.25) is 6.41 Å². The first-order valence-corrected chi connectivity index (χ1v) is 7.64. The molecule has 2 rings (SSSR count). The minimum atomic E-state index is -1.09. The van der Waals surface area contributed by atoms with E-state index in [4.69, 9.17) is 5.11 Å². The first kappa shape index (κ1) is 17.6. The number of aryl methyl sites for hydroxylation is 2. The Bertz CT molecular complexity index is 738. The summed E-state index contributed by atoms with van der Waals surface area (Å²) in [5, 5.41) is 21.0. The second kappa shape index (κ2) is 6.77. The third-order valence-electron chi connectivity index (χ3n) is 4.36. The van der Waals surface area contributed by atoms with E-state index in [0.717, 1.165) is 16.8 Å². The fourth-order valence-electron chi connectivity index (χ4n) is 2.78. The van der Waals surface area contributed by atoms with Crippen molar-refractivity contribution in [2.24, 2.45) is 0 Å². The van der Waals surface area contributed by atoms with Crippen LogP contribution < -0.4 is 0 Å². The van der Waals surface area contributed by atoms with Gasteiger partial charge in [-0.3, -0.25) is 9.59 Å². The van der Waals surface area contributed by atoms with Gasteiger partial charge < -0.3 is 10.0 Å². The number of carbonyl (C=O) groups excluding carboxylic acids is 1. The van der Waals surface area contributed by atoms with Crippen molar-refractivity contribution < 1.29 is 14.7 Å². The maximum absolute atomic E-state index is 11.5. The van der Waals surface area contributed by atoms with E-state index in [1.54, 1.807) is 11.6 Å². The number of benzene rings is 1. The zero-order valence-electron chi connectivity index (χ0n) is 14.2. The molecule has 8 nitrogen and oxygen atoms in total. The number of hydrogen-bond acceptors (Lipinski definition) is 5. The number of tetrazole rings is 1. The number of amides is 1. The second-order valence-corrected chi connectivity index (χ2v) is 5.91. The lowest BCUT2D eigenvalue weighted by Gasteiger charge is -2.36. The lowest BCUT2D eigenvalue weighted by molar-refractivity contribution is -0.144. The Hall–Kier alpha value is -2.77. The minimum Gasteiger partial charge on any atom is -0.480 e. The average Bonchev–Trinajstić information content (AvgIpc) is 3.01. The molecule has 0 aliphatic rings. The van der Waals surface area contributed by atoms with Crippen LogP contribution in [0.3, 0.4) is 0 Å². The number of nitrogens with zero attached hydrogens (tertiary/aromatic N) is 5. The number of carbonyl (C=O) groups is 2. The molecule has 0 radical (unpaired) electrons. The number of hydrogen-bond donors (Lipinski definition) is 1. The maximum atomic E-state index is 11.5. The normalized spacial score (nSPS) is 13.3. The van der Waals surface area contributed by atoms with Crippen LogP contribution in [0.4, 0.5) is 0 Å². The highest BCUT2D eigenvalue weighted by Crippen LogP contribution is 2.31. The zero-order chi connectivity index (χ0) is 17.9. The summed E-state index contributed by atoms with van der Waals surface area (Å²) in [6.45, 7) is 7.10. The zero-order valence-corrected chi connectivity index (χ0v) is 14.2. The maximum Gasteiger partial charge on any atom is 0.323 e. The molecule has 1 aromatic carbocycles. The van der Waals surface area contributed by atoms with Gasteiger partial charge in [-0.05, 0) is 48.7 Å². The molecule has 0 saturated carbocycles. The summed E-state index contributed by atoms with van der Waals surface area (Å²) in [5.74, 6) is -0.663. The summed E-state index contributed by atoms with van der Waals surface area (Å²) in [4.78, 5) is 23.8. The predicted octanol–water partition coefficient (Wildman–Crippen LogP) is 1.45. The molecule has 1 aromatic heterocycles. The number of aliphatic carboxylic acids is 1. The Labute approximate surface area is 140 Å². The lowest BCUT2D eigenvalue weighted by Crippen LogP contribution is -2.47. The van der Waals surface area contributed by atoms with E-state index in [1.807, 2.05) is 39.0 Å². The van der Waals surface area contributed by atoms with E-state index in [9.17, 15) is 9.59 Å².